The van der Waals surface area contributed by atoms with Crippen LogP contribution in [-0.2, 0) is 5.41 Å². The molecular weight excluding hydrogens is 400 g/mol. The lowest BCUT2D eigenvalue weighted by Crippen LogP contribution is -2.17. The monoisotopic (exact) mass is 438 g/mol. The van der Waals surface area contributed by atoms with Crippen molar-refractivity contribution in [1.29, 1.82) is 0 Å². The summed E-state index contributed by atoms with van der Waals surface area (Å²) in [6.45, 7) is 17.2. The van der Waals surface area contributed by atoms with Crippen molar-refractivity contribution in [3.8, 4) is 17.2 Å². The molecule has 0 saturated carbocycles. The molecule has 0 amide bonds. The summed E-state index contributed by atoms with van der Waals surface area (Å²) in [7, 11) is 0. The molecule has 0 atom stereocenters. The largest absolute Gasteiger partial charge is 0.494 e. The Bertz CT molecular complexity index is 916. The van der Waals surface area contributed by atoms with Crippen LogP contribution in [0.2, 0.25) is 0 Å². The van der Waals surface area contributed by atoms with Crippen molar-refractivity contribution < 1.29 is 19.0 Å². The summed E-state index contributed by atoms with van der Waals surface area (Å²) in [5, 5.41) is 0. The quantitative estimate of drug-likeness (QED) is 0.290. The Hall–Kier alpha value is -2.75. The third kappa shape index (κ3) is 7.44. The van der Waals surface area contributed by atoms with E-state index in [-0.39, 0.29) is 23.4 Å². The molecule has 2 aromatic rings. The maximum Gasteiger partial charge on any atom is 0.185 e. The zero-order chi connectivity index (χ0) is 23.9. The Morgan fingerprint density at radius 3 is 2.06 bits per heavy atom. The van der Waals surface area contributed by atoms with Gasteiger partial charge in [0, 0.05) is 22.8 Å². The average Bonchev–Trinajstić information content (AvgIpc) is 2.70. The summed E-state index contributed by atoms with van der Waals surface area (Å²) in [5.41, 5.74) is 2.43. The van der Waals surface area contributed by atoms with Gasteiger partial charge in [-0.1, -0.05) is 27.7 Å². The maximum atomic E-state index is 12.8. The Labute approximate surface area is 193 Å². The summed E-state index contributed by atoms with van der Waals surface area (Å²) in [4.78, 5) is 12.8. The van der Waals surface area contributed by atoms with Gasteiger partial charge in [0.15, 0.2) is 5.78 Å². The van der Waals surface area contributed by atoms with E-state index in [0.29, 0.717) is 17.9 Å². The van der Waals surface area contributed by atoms with Gasteiger partial charge in [-0.25, -0.2) is 0 Å². The molecule has 0 N–H and O–H groups in total. The van der Waals surface area contributed by atoms with E-state index in [4.69, 9.17) is 14.2 Å². The first-order valence-electron chi connectivity index (χ1n) is 11.5. The van der Waals surface area contributed by atoms with Gasteiger partial charge < -0.3 is 14.2 Å². The molecule has 0 radical (unpaired) electrons. The number of rotatable bonds is 10. The molecule has 174 valence electrons. The van der Waals surface area contributed by atoms with Gasteiger partial charge in [0.05, 0.1) is 18.8 Å². The lowest BCUT2D eigenvalue weighted by atomic mass is 9.85. The highest BCUT2D eigenvalue weighted by molar-refractivity contribution is 6.07. The number of ether oxygens (including phenoxy) is 3. The Morgan fingerprint density at radius 1 is 0.938 bits per heavy atom. The van der Waals surface area contributed by atoms with Crippen molar-refractivity contribution in [1.82, 2.24) is 0 Å². The second-order valence-corrected chi connectivity index (χ2v) is 9.54. The number of hydrogen-bond acceptors (Lipinski definition) is 4. The van der Waals surface area contributed by atoms with Gasteiger partial charge >= 0.3 is 0 Å². The normalized spacial score (nSPS) is 11.9. The van der Waals surface area contributed by atoms with E-state index < -0.39 is 0 Å². The molecule has 0 fully saturated rings. The lowest BCUT2D eigenvalue weighted by molar-refractivity contribution is 0.104. The molecule has 0 aromatic heterocycles. The Balaban J connectivity index is 2.39. The van der Waals surface area contributed by atoms with Gasteiger partial charge in [-0.05, 0) is 82.0 Å². The zero-order valence-corrected chi connectivity index (χ0v) is 20.8. The standard InChI is InChI=1S/C28H38O4/c1-9-16-30-23-13-10-21(11-14-23)25(29)15-12-22-17-24(28(6,7)8)27(32-20(4)5)18-26(22)31-19(2)3/h10-15,17-20H,9,16H2,1-8H3/b15-12-. The van der Waals surface area contributed by atoms with Crippen LogP contribution in [0.5, 0.6) is 17.2 Å². The molecule has 0 spiro atoms. The van der Waals surface area contributed by atoms with E-state index >= 15 is 0 Å². The molecule has 4 nitrogen and oxygen atoms in total. The van der Waals surface area contributed by atoms with Gasteiger partial charge in [0.25, 0.3) is 0 Å². The van der Waals surface area contributed by atoms with E-state index in [9.17, 15) is 4.79 Å². The average molecular weight is 439 g/mol. The van der Waals surface area contributed by atoms with Gasteiger partial charge in [0.1, 0.15) is 17.2 Å². The molecule has 0 heterocycles. The molecular formula is C28H38O4. The molecule has 0 aliphatic rings. The van der Waals surface area contributed by atoms with Crippen LogP contribution in [0, 0.1) is 0 Å². The number of benzene rings is 2. The first-order chi connectivity index (χ1) is 15.0. The van der Waals surface area contributed by atoms with E-state index in [0.717, 1.165) is 29.0 Å². The van der Waals surface area contributed by atoms with Crippen LogP contribution in [0.4, 0.5) is 0 Å². The van der Waals surface area contributed by atoms with Gasteiger partial charge in [-0.3, -0.25) is 4.79 Å². The van der Waals surface area contributed by atoms with Gasteiger partial charge in [0.2, 0.25) is 0 Å². The maximum absolute atomic E-state index is 12.8. The molecule has 32 heavy (non-hydrogen) atoms. The minimum absolute atomic E-state index is 0.000836. The first kappa shape index (κ1) is 25.5. The first-order valence-corrected chi connectivity index (χ1v) is 11.5. The van der Waals surface area contributed by atoms with Crippen LogP contribution in [0.1, 0.15) is 83.3 Å². The van der Waals surface area contributed by atoms with Gasteiger partial charge in [-0.15, -0.1) is 0 Å². The number of ketones is 1. The summed E-state index contributed by atoms with van der Waals surface area (Å²) in [6, 6.07) is 11.3. The minimum atomic E-state index is -0.124. The molecule has 0 aliphatic carbocycles. The number of hydrogen-bond donors (Lipinski definition) is 0. The summed E-state index contributed by atoms with van der Waals surface area (Å²) < 4.78 is 17.8. The van der Waals surface area contributed by atoms with Crippen LogP contribution >= 0.6 is 0 Å². The molecule has 0 unspecified atom stereocenters. The lowest BCUT2D eigenvalue weighted by Gasteiger charge is -2.26. The van der Waals surface area contributed by atoms with E-state index in [1.807, 2.05) is 52.0 Å². The predicted octanol–water partition coefficient (Wildman–Crippen LogP) is 7.24. The van der Waals surface area contributed by atoms with Crippen molar-refractivity contribution in [2.75, 3.05) is 6.61 Å². The van der Waals surface area contributed by atoms with Crippen LogP contribution in [0.25, 0.3) is 6.08 Å². The fourth-order valence-corrected chi connectivity index (χ4v) is 3.20. The molecule has 0 saturated heterocycles. The minimum Gasteiger partial charge on any atom is -0.494 e. The molecule has 2 aromatic carbocycles. The van der Waals surface area contributed by atoms with Crippen LogP contribution < -0.4 is 14.2 Å². The van der Waals surface area contributed by atoms with Crippen LogP contribution in [0.15, 0.2) is 42.5 Å². The molecule has 0 bridgehead atoms. The Morgan fingerprint density at radius 2 is 1.53 bits per heavy atom. The van der Waals surface area contributed by atoms with Crippen LogP contribution in [0.3, 0.4) is 0 Å². The predicted molar refractivity (Wildman–Crippen MR) is 132 cm³/mol. The highest BCUT2D eigenvalue weighted by Gasteiger charge is 2.22. The smallest absolute Gasteiger partial charge is 0.185 e. The SMILES string of the molecule is CCCOc1ccc(C(=O)/C=C\c2cc(C(C)(C)C)c(OC(C)C)cc2OC(C)C)cc1. The topological polar surface area (TPSA) is 44.8 Å². The summed E-state index contributed by atoms with van der Waals surface area (Å²) >= 11 is 0. The van der Waals surface area contributed by atoms with Crippen LogP contribution in [-0.4, -0.2) is 24.6 Å². The third-order valence-electron chi connectivity index (χ3n) is 4.67. The second-order valence-electron chi connectivity index (χ2n) is 9.54. The summed E-state index contributed by atoms with van der Waals surface area (Å²) in [6.07, 6.45) is 4.42. The summed E-state index contributed by atoms with van der Waals surface area (Å²) in [5.74, 6) is 2.23. The molecule has 0 aliphatic heterocycles. The second kappa shape index (κ2) is 11.2. The number of carbonyl (C=O) groups excluding carboxylic acids is 1. The van der Waals surface area contributed by atoms with Crippen molar-refractivity contribution in [2.24, 2.45) is 0 Å². The molecule has 2 rings (SSSR count). The Kier molecular flexibility index (Phi) is 8.94. The fourth-order valence-electron chi connectivity index (χ4n) is 3.20. The fraction of sp³-hybridized carbons (Fsp3) is 0.464. The van der Waals surface area contributed by atoms with E-state index in [1.165, 1.54) is 0 Å². The highest BCUT2D eigenvalue weighted by atomic mass is 16.5. The number of carbonyl (C=O) groups is 1. The number of allylic oxidation sites excluding steroid dienone is 1. The van der Waals surface area contributed by atoms with Crippen molar-refractivity contribution >= 4 is 11.9 Å². The van der Waals surface area contributed by atoms with E-state index in [2.05, 4.69) is 33.8 Å². The van der Waals surface area contributed by atoms with Crippen molar-refractivity contribution in [3.63, 3.8) is 0 Å². The third-order valence-corrected chi connectivity index (χ3v) is 4.67. The van der Waals surface area contributed by atoms with Crippen molar-refractivity contribution in [3.05, 3.63) is 59.2 Å². The van der Waals surface area contributed by atoms with E-state index in [1.54, 1.807) is 18.2 Å². The zero-order valence-electron chi connectivity index (χ0n) is 20.8. The van der Waals surface area contributed by atoms with Crippen molar-refractivity contribution in [2.45, 2.75) is 79.4 Å². The molecule has 4 heteroatoms. The highest BCUT2D eigenvalue weighted by Crippen LogP contribution is 2.38. The van der Waals surface area contributed by atoms with Gasteiger partial charge in [-0.2, -0.15) is 0 Å².